The molecule has 0 aliphatic heterocycles. The van der Waals surface area contributed by atoms with Crippen LogP contribution in [0.3, 0.4) is 0 Å². The smallest absolute Gasteiger partial charge is 0.146 e. The maximum absolute atomic E-state index is 9.89. The molecule has 0 aromatic carbocycles. The van der Waals surface area contributed by atoms with Crippen LogP contribution in [0.4, 0.5) is 0 Å². The van der Waals surface area contributed by atoms with Crippen LogP contribution in [-0.4, -0.2) is 12.6 Å². The van der Waals surface area contributed by atoms with Gasteiger partial charge in [-0.2, -0.15) is 0 Å². The Morgan fingerprint density at radius 1 is 1.00 bits per heavy atom. The average molecular weight is 112 g/mol. The minimum Gasteiger partial charge on any atom is -0.298 e. The van der Waals surface area contributed by atoms with Crippen molar-refractivity contribution in [1.82, 2.24) is 0 Å². The molecule has 0 N–H and O–H groups in total. The van der Waals surface area contributed by atoms with Crippen molar-refractivity contribution in [2.45, 2.75) is 13.8 Å². The SMILES string of the molecule is CC(C=O)=C(C)C=O. The number of hydrogen-bond acceptors (Lipinski definition) is 2. The van der Waals surface area contributed by atoms with Crippen LogP contribution in [0.15, 0.2) is 11.1 Å². The van der Waals surface area contributed by atoms with Crippen LogP contribution in [0, 0.1) is 0 Å². The van der Waals surface area contributed by atoms with Crippen molar-refractivity contribution in [2.24, 2.45) is 0 Å². The zero-order valence-electron chi connectivity index (χ0n) is 4.97. The summed E-state index contributed by atoms with van der Waals surface area (Å²) in [6.45, 7) is 3.22. The van der Waals surface area contributed by atoms with Crippen LogP contribution in [0.1, 0.15) is 13.8 Å². The molecule has 0 amide bonds. The first-order valence-corrected chi connectivity index (χ1v) is 2.30. The van der Waals surface area contributed by atoms with Crippen molar-refractivity contribution in [3.63, 3.8) is 0 Å². The molecular weight excluding hydrogens is 104 g/mol. The molecule has 2 nitrogen and oxygen atoms in total. The van der Waals surface area contributed by atoms with Crippen molar-refractivity contribution in [3.05, 3.63) is 11.1 Å². The highest BCUT2D eigenvalue weighted by molar-refractivity contribution is 5.85. The van der Waals surface area contributed by atoms with E-state index in [9.17, 15) is 9.59 Å². The van der Waals surface area contributed by atoms with Crippen molar-refractivity contribution in [1.29, 1.82) is 0 Å². The second-order valence-corrected chi connectivity index (χ2v) is 1.60. The molecule has 0 saturated heterocycles. The van der Waals surface area contributed by atoms with E-state index >= 15 is 0 Å². The van der Waals surface area contributed by atoms with Gasteiger partial charge in [-0.1, -0.05) is 0 Å². The van der Waals surface area contributed by atoms with Crippen LogP contribution in [0.2, 0.25) is 0 Å². The number of rotatable bonds is 2. The molecule has 0 atom stereocenters. The lowest BCUT2D eigenvalue weighted by atomic mass is 10.2. The Morgan fingerprint density at radius 3 is 1.38 bits per heavy atom. The van der Waals surface area contributed by atoms with Crippen LogP contribution < -0.4 is 0 Å². The molecule has 2 heteroatoms. The van der Waals surface area contributed by atoms with Gasteiger partial charge in [0.1, 0.15) is 12.6 Å². The van der Waals surface area contributed by atoms with Gasteiger partial charge in [-0.25, -0.2) is 0 Å². The van der Waals surface area contributed by atoms with Crippen molar-refractivity contribution < 1.29 is 9.59 Å². The lowest BCUT2D eigenvalue weighted by molar-refractivity contribution is -0.107. The number of hydrogen-bond donors (Lipinski definition) is 0. The molecule has 0 fully saturated rings. The summed E-state index contributed by atoms with van der Waals surface area (Å²) in [6, 6.07) is 0. The highest BCUT2D eigenvalue weighted by Gasteiger charge is 1.89. The van der Waals surface area contributed by atoms with E-state index in [1.807, 2.05) is 0 Å². The topological polar surface area (TPSA) is 34.1 Å². The van der Waals surface area contributed by atoms with E-state index in [-0.39, 0.29) is 0 Å². The fourth-order valence-electron chi connectivity index (χ4n) is 0.186. The molecule has 0 aromatic heterocycles. The Labute approximate surface area is 48.2 Å². The van der Waals surface area contributed by atoms with E-state index < -0.39 is 0 Å². The molecule has 0 rings (SSSR count). The molecule has 0 aromatic rings. The minimum absolute atomic E-state index is 0.500. The normalized spacial score (nSPS) is 12.2. The van der Waals surface area contributed by atoms with Gasteiger partial charge in [0.2, 0.25) is 0 Å². The highest BCUT2D eigenvalue weighted by Crippen LogP contribution is 1.93. The predicted molar refractivity (Wildman–Crippen MR) is 30.5 cm³/mol. The van der Waals surface area contributed by atoms with E-state index in [1.54, 1.807) is 13.8 Å². The summed E-state index contributed by atoms with van der Waals surface area (Å²) >= 11 is 0. The standard InChI is InChI=1S/C6H8O2/c1-5(3-7)6(2)4-8/h3-4H,1-2H3. The van der Waals surface area contributed by atoms with Crippen molar-refractivity contribution >= 4 is 12.6 Å². The quantitative estimate of drug-likeness (QED) is 0.389. The third kappa shape index (κ3) is 1.69. The third-order valence-corrected chi connectivity index (χ3v) is 0.976. The van der Waals surface area contributed by atoms with Crippen LogP contribution in [0.5, 0.6) is 0 Å². The summed E-state index contributed by atoms with van der Waals surface area (Å²) in [5.74, 6) is 0. The van der Waals surface area contributed by atoms with Gasteiger partial charge in [-0.3, -0.25) is 9.59 Å². The highest BCUT2D eigenvalue weighted by atomic mass is 16.1. The summed E-state index contributed by atoms with van der Waals surface area (Å²) in [4.78, 5) is 19.8. The molecule has 0 bridgehead atoms. The van der Waals surface area contributed by atoms with E-state index in [1.165, 1.54) is 0 Å². The summed E-state index contributed by atoms with van der Waals surface area (Å²) in [7, 11) is 0. The lowest BCUT2D eigenvalue weighted by Gasteiger charge is -1.86. The van der Waals surface area contributed by atoms with Gasteiger partial charge in [0, 0.05) is 0 Å². The molecule has 0 heterocycles. The number of carbonyl (C=O) groups is 2. The van der Waals surface area contributed by atoms with Crippen molar-refractivity contribution in [3.8, 4) is 0 Å². The van der Waals surface area contributed by atoms with E-state index in [0.29, 0.717) is 23.7 Å². The fraction of sp³-hybridized carbons (Fsp3) is 0.333. The maximum atomic E-state index is 9.89. The third-order valence-electron chi connectivity index (χ3n) is 0.976. The zero-order chi connectivity index (χ0) is 6.57. The van der Waals surface area contributed by atoms with Gasteiger partial charge < -0.3 is 0 Å². The largest absolute Gasteiger partial charge is 0.298 e. The maximum Gasteiger partial charge on any atom is 0.146 e. The Morgan fingerprint density at radius 2 is 1.25 bits per heavy atom. The molecule has 0 radical (unpaired) electrons. The second kappa shape index (κ2) is 3.13. The van der Waals surface area contributed by atoms with Gasteiger partial charge in [0.15, 0.2) is 0 Å². The summed E-state index contributed by atoms with van der Waals surface area (Å²) in [6.07, 6.45) is 1.34. The average Bonchev–Trinajstić information content (AvgIpc) is 1.84. The monoisotopic (exact) mass is 112 g/mol. The molecule has 0 aliphatic rings. The summed E-state index contributed by atoms with van der Waals surface area (Å²) in [5, 5.41) is 0. The molecule has 0 aliphatic carbocycles. The van der Waals surface area contributed by atoms with Gasteiger partial charge >= 0.3 is 0 Å². The minimum atomic E-state index is 0.500. The first kappa shape index (κ1) is 7.08. The number of aldehydes is 2. The van der Waals surface area contributed by atoms with Gasteiger partial charge in [0.05, 0.1) is 0 Å². The van der Waals surface area contributed by atoms with E-state index in [4.69, 9.17) is 0 Å². The number of carbonyl (C=O) groups excluding carboxylic acids is 2. The Bertz CT molecular complexity index is 117. The molecule has 0 unspecified atom stereocenters. The Kier molecular flexibility index (Phi) is 2.77. The molecule has 8 heavy (non-hydrogen) atoms. The zero-order valence-corrected chi connectivity index (χ0v) is 4.97. The lowest BCUT2D eigenvalue weighted by Crippen LogP contribution is -1.84. The molecular formula is C6H8O2. The molecule has 0 saturated carbocycles. The summed E-state index contributed by atoms with van der Waals surface area (Å²) in [5.41, 5.74) is 1.00. The van der Waals surface area contributed by atoms with Gasteiger partial charge in [-0.15, -0.1) is 0 Å². The van der Waals surface area contributed by atoms with Gasteiger partial charge in [-0.05, 0) is 25.0 Å². The van der Waals surface area contributed by atoms with Crippen LogP contribution in [-0.2, 0) is 9.59 Å². The molecule has 0 spiro atoms. The first-order chi connectivity index (χ1) is 3.72. The first-order valence-electron chi connectivity index (χ1n) is 2.30. The van der Waals surface area contributed by atoms with Gasteiger partial charge in [0.25, 0.3) is 0 Å². The van der Waals surface area contributed by atoms with Crippen molar-refractivity contribution in [2.75, 3.05) is 0 Å². The van der Waals surface area contributed by atoms with Crippen LogP contribution >= 0.6 is 0 Å². The van der Waals surface area contributed by atoms with E-state index in [0.717, 1.165) is 0 Å². The van der Waals surface area contributed by atoms with Crippen LogP contribution in [0.25, 0.3) is 0 Å². The fourth-order valence-corrected chi connectivity index (χ4v) is 0.186. The van der Waals surface area contributed by atoms with E-state index in [2.05, 4.69) is 0 Å². The summed E-state index contributed by atoms with van der Waals surface area (Å²) < 4.78 is 0. The number of allylic oxidation sites excluding steroid dienone is 2. The Balaban J connectivity index is 4.25. The Hall–Kier alpha value is -0.920. The predicted octanol–water partition coefficient (Wildman–Crippen LogP) is 0.721. The molecule has 44 valence electrons. The second-order valence-electron chi connectivity index (χ2n) is 1.60.